The molecule has 138 valence electrons. The van der Waals surface area contributed by atoms with E-state index in [0.29, 0.717) is 38.4 Å². The highest BCUT2D eigenvalue weighted by atomic mass is 16.5. The molecule has 2 heterocycles. The van der Waals surface area contributed by atoms with Gasteiger partial charge in [-0.25, -0.2) is 0 Å². The lowest BCUT2D eigenvalue weighted by molar-refractivity contribution is -0.120. The van der Waals surface area contributed by atoms with Crippen LogP contribution in [0.4, 0.5) is 5.69 Å². The smallest absolute Gasteiger partial charge is 0.254 e. The molecule has 1 saturated heterocycles. The van der Waals surface area contributed by atoms with E-state index in [1.807, 2.05) is 52.3 Å². The number of carbonyl (C=O) groups is 2. The lowest BCUT2D eigenvalue weighted by Gasteiger charge is -2.27. The third-order valence-electron chi connectivity index (χ3n) is 5.93. The number of anilines is 1. The number of benzene rings is 2. The maximum Gasteiger partial charge on any atom is 0.254 e. The molecule has 2 fully saturated rings. The quantitative estimate of drug-likeness (QED) is 0.844. The molecule has 0 N–H and O–H groups in total. The first-order chi connectivity index (χ1) is 13.2. The summed E-state index contributed by atoms with van der Waals surface area (Å²) < 4.78 is 5.33. The molecular formula is C22H22N2O3. The number of fused-ring (bicyclic) bond motifs is 2. The van der Waals surface area contributed by atoms with Gasteiger partial charge in [0.25, 0.3) is 5.91 Å². The van der Waals surface area contributed by atoms with E-state index in [9.17, 15) is 9.59 Å². The lowest BCUT2D eigenvalue weighted by atomic mass is 9.98. The fourth-order valence-corrected chi connectivity index (χ4v) is 4.30. The molecule has 5 heteroatoms. The Hall–Kier alpha value is -2.66. The van der Waals surface area contributed by atoms with Gasteiger partial charge in [0, 0.05) is 24.3 Å². The Bertz CT molecular complexity index is 913. The zero-order chi connectivity index (χ0) is 18.4. The van der Waals surface area contributed by atoms with Gasteiger partial charge in [0.05, 0.1) is 25.2 Å². The lowest BCUT2D eigenvalue weighted by Crippen LogP contribution is -2.40. The summed E-state index contributed by atoms with van der Waals surface area (Å²) in [7, 11) is 0. The van der Waals surface area contributed by atoms with Gasteiger partial charge in [-0.2, -0.15) is 0 Å². The number of hydrogen-bond acceptors (Lipinski definition) is 3. The number of hydrogen-bond donors (Lipinski definition) is 0. The van der Waals surface area contributed by atoms with Gasteiger partial charge in [-0.3, -0.25) is 9.59 Å². The molecule has 2 aromatic rings. The Morgan fingerprint density at radius 1 is 1.04 bits per heavy atom. The minimum Gasteiger partial charge on any atom is -0.378 e. The summed E-state index contributed by atoms with van der Waals surface area (Å²) in [4.78, 5) is 29.5. The van der Waals surface area contributed by atoms with Crippen LogP contribution in [0.15, 0.2) is 48.5 Å². The molecule has 0 atom stereocenters. The van der Waals surface area contributed by atoms with Crippen molar-refractivity contribution in [2.24, 2.45) is 0 Å². The Kier molecular flexibility index (Phi) is 3.79. The molecule has 1 spiro atoms. The average Bonchev–Trinajstić information content (AvgIpc) is 3.50. The van der Waals surface area contributed by atoms with Gasteiger partial charge < -0.3 is 14.5 Å². The predicted molar refractivity (Wildman–Crippen MR) is 102 cm³/mol. The van der Waals surface area contributed by atoms with Crippen molar-refractivity contribution < 1.29 is 14.3 Å². The zero-order valence-electron chi connectivity index (χ0n) is 15.2. The first-order valence-electron chi connectivity index (χ1n) is 9.56. The summed E-state index contributed by atoms with van der Waals surface area (Å²) in [6.07, 6.45) is 1.88. The topological polar surface area (TPSA) is 49.9 Å². The monoisotopic (exact) mass is 362 g/mol. The van der Waals surface area contributed by atoms with Gasteiger partial charge in [0.15, 0.2) is 0 Å². The minimum absolute atomic E-state index is 0.0342. The van der Waals surface area contributed by atoms with E-state index >= 15 is 0 Å². The predicted octanol–water partition coefficient (Wildman–Crippen LogP) is 2.74. The second kappa shape index (κ2) is 6.20. The maximum absolute atomic E-state index is 13.1. The van der Waals surface area contributed by atoms with Crippen LogP contribution < -0.4 is 4.90 Å². The van der Waals surface area contributed by atoms with Gasteiger partial charge in [-0.15, -0.1) is 0 Å². The second-order valence-electron chi connectivity index (χ2n) is 7.60. The van der Waals surface area contributed by atoms with Crippen molar-refractivity contribution in [2.75, 3.05) is 31.2 Å². The number of morpholine rings is 1. The number of amides is 2. The summed E-state index contributed by atoms with van der Waals surface area (Å²) in [5.74, 6) is 0.237. The molecule has 27 heavy (non-hydrogen) atoms. The summed E-state index contributed by atoms with van der Waals surface area (Å²) >= 11 is 0. The normalized spacial score (nSPS) is 20.1. The standard InChI is InChI=1S/C22H22N2O3/c25-20(23-10-12-27-13-11-23)17-5-3-4-16(14-17)15-24-19-7-2-1-6-18(19)22(8-9-22)21(24)26/h1-7,14H,8-13,15H2. The van der Waals surface area contributed by atoms with E-state index in [1.165, 1.54) is 0 Å². The molecule has 0 bridgehead atoms. The molecule has 0 radical (unpaired) electrons. The molecule has 1 saturated carbocycles. The Balaban J connectivity index is 1.40. The van der Waals surface area contributed by atoms with E-state index in [-0.39, 0.29) is 17.2 Å². The fraction of sp³-hybridized carbons (Fsp3) is 0.364. The summed E-state index contributed by atoms with van der Waals surface area (Å²) in [6, 6.07) is 15.8. The third-order valence-corrected chi connectivity index (χ3v) is 5.93. The highest BCUT2D eigenvalue weighted by molar-refractivity contribution is 6.10. The average molecular weight is 362 g/mol. The molecule has 2 aliphatic heterocycles. The molecule has 2 aromatic carbocycles. The van der Waals surface area contributed by atoms with E-state index in [4.69, 9.17) is 4.74 Å². The van der Waals surface area contributed by atoms with Crippen molar-refractivity contribution in [1.29, 1.82) is 0 Å². The van der Waals surface area contributed by atoms with E-state index in [0.717, 1.165) is 29.7 Å². The van der Waals surface area contributed by atoms with Crippen LogP contribution in [0.1, 0.15) is 34.3 Å². The van der Waals surface area contributed by atoms with Crippen molar-refractivity contribution in [3.8, 4) is 0 Å². The van der Waals surface area contributed by atoms with Crippen molar-refractivity contribution in [3.05, 3.63) is 65.2 Å². The third kappa shape index (κ3) is 2.65. The van der Waals surface area contributed by atoms with E-state index < -0.39 is 0 Å². The Labute approximate surface area is 158 Å². The van der Waals surface area contributed by atoms with E-state index in [1.54, 1.807) is 0 Å². The highest BCUT2D eigenvalue weighted by Gasteiger charge is 2.58. The van der Waals surface area contributed by atoms with Gasteiger partial charge >= 0.3 is 0 Å². The molecule has 0 unspecified atom stereocenters. The summed E-state index contributed by atoms with van der Waals surface area (Å²) in [5, 5.41) is 0. The Morgan fingerprint density at radius 3 is 2.59 bits per heavy atom. The van der Waals surface area contributed by atoms with Crippen LogP contribution >= 0.6 is 0 Å². The highest BCUT2D eigenvalue weighted by Crippen LogP contribution is 2.57. The fourth-order valence-electron chi connectivity index (χ4n) is 4.30. The Morgan fingerprint density at radius 2 is 1.81 bits per heavy atom. The number of ether oxygens (including phenoxy) is 1. The summed E-state index contributed by atoms with van der Waals surface area (Å²) in [6.45, 7) is 2.94. The first kappa shape index (κ1) is 16.5. The minimum atomic E-state index is -0.280. The number of para-hydroxylation sites is 1. The SMILES string of the molecule is O=C(c1cccc(CN2C(=O)C3(CC3)c3ccccc32)c1)N1CCOCC1. The molecular weight excluding hydrogens is 340 g/mol. The van der Waals surface area contributed by atoms with Crippen LogP contribution in [-0.4, -0.2) is 43.0 Å². The van der Waals surface area contributed by atoms with Crippen molar-refractivity contribution in [1.82, 2.24) is 4.90 Å². The largest absolute Gasteiger partial charge is 0.378 e. The summed E-state index contributed by atoms with van der Waals surface area (Å²) in [5.41, 5.74) is 3.56. The first-order valence-corrected chi connectivity index (χ1v) is 9.56. The van der Waals surface area contributed by atoms with Crippen molar-refractivity contribution in [3.63, 3.8) is 0 Å². The number of carbonyl (C=O) groups excluding carboxylic acids is 2. The van der Waals surface area contributed by atoms with Crippen LogP contribution in [-0.2, 0) is 21.5 Å². The van der Waals surface area contributed by atoms with Crippen LogP contribution in [0, 0.1) is 0 Å². The molecule has 2 amide bonds. The van der Waals surface area contributed by atoms with Gasteiger partial charge in [-0.1, -0.05) is 30.3 Å². The van der Waals surface area contributed by atoms with Crippen LogP contribution in [0.3, 0.4) is 0 Å². The van der Waals surface area contributed by atoms with Crippen molar-refractivity contribution in [2.45, 2.75) is 24.8 Å². The zero-order valence-corrected chi connectivity index (χ0v) is 15.2. The van der Waals surface area contributed by atoms with Gasteiger partial charge in [0.1, 0.15) is 0 Å². The molecule has 1 aliphatic carbocycles. The van der Waals surface area contributed by atoms with Crippen LogP contribution in [0.5, 0.6) is 0 Å². The molecule has 0 aromatic heterocycles. The number of rotatable bonds is 3. The van der Waals surface area contributed by atoms with E-state index in [2.05, 4.69) is 6.07 Å². The molecule has 5 rings (SSSR count). The molecule has 3 aliphatic rings. The van der Waals surface area contributed by atoms with Gasteiger partial charge in [-0.05, 0) is 42.2 Å². The van der Waals surface area contributed by atoms with Crippen LogP contribution in [0.25, 0.3) is 0 Å². The van der Waals surface area contributed by atoms with Crippen LogP contribution in [0.2, 0.25) is 0 Å². The van der Waals surface area contributed by atoms with Crippen molar-refractivity contribution >= 4 is 17.5 Å². The maximum atomic E-state index is 13.1. The number of nitrogens with zero attached hydrogens (tertiary/aromatic N) is 2. The molecule has 5 nitrogen and oxygen atoms in total. The second-order valence-corrected chi connectivity index (χ2v) is 7.60. The van der Waals surface area contributed by atoms with Gasteiger partial charge in [0.2, 0.25) is 5.91 Å².